The molecule has 0 heterocycles. The zero-order chi connectivity index (χ0) is 15.0. The quantitative estimate of drug-likeness (QED) is 0.713. The molecule has 0 bridgehead atoms. The molecule has 0 radical (unpaired) electrons. The predicted octanol–water partition coefficient (Wildman–Crippen LogP) is 2.63. The van der Waals surface area contributed by atoms with Crippen molar-refractivity contribution in [3.05, 3.63) is 28.2 Å². The Morgan fingerprint density at radius 2 is 2.25 bits per heavy atom. The highest BCUT2D eigenvalue weighted by Crippen LogP contribution is 2.24. The maximum atomic E-state index is 11.6. The first kappa shape index (κ1) is 17.0. The third-order valence-corrected chi connectivity index (χ3v) is 3.27. The smallest absolute Gasteiger partial charge is 0.257 e. The molecule has 112 valence electrons. The second-order valence-corrected chi connectivity index (χ2v) is 5.84. The second kappa shape index (κ2) is 8.97. The number of nitrogens with one attached hydrogen (secondary N) is 1. The lowest BCUT2D eigenvalue weighted by atomic mass is 10.1. The Balaban J connectivity index is 2.56. The molecule has 0 aliphatic heterocycles. The van der Waals surface area contributed by atoms with Crippen molar-refractivity contribution in [2.75, 3.05) is 13.2 Å². The van der Waals surface area contributed by atoms with Gasteiger partial charge in [0.1, 0.15) is 5.75 Å². The van der Waals surface area contributed by atoms with Crippen LogP contribution in [0.4, 0.5) is 0 Å². The number of halogens is 1. The van der Waals surface area contributed by atoms with E-state index in [4.69, 9.17) is 10.5 Å². The van der Waals surface area contributed by atoms with E-state index >= 15 is 0 Å². The van der Waals surface area contributed by atoms with E-state index in [1.54, 1.807) is 0 Å². The molecule has 1 aromatic rings. The fourth-order valence-electron chi connectivity index (χ4n) is 1.79. The Kier molecular flexibility index (Phi) is 7.62. The van der Waals surface area contributed by atoms with Crippen molar-refractivity contribution in [2.45, 2.75) is 39.2 Å². The average molecular weight is 343 g/mol. The van der Waals surface area contributed by atoms with E-state index in [0.717, 1.165) is 28.6 Å². The van der Waals surface area contributed by atoms with Crippen LogP contribution in [0.1, 0.15) is 32.3 Å². The van der Waals surface area contributed by atoms with E-state index in [1.165, 1.54) is 0 Å². The number of carbonyl (C=O) groups excluding carboxylic acids is 1. The van der Waals surface area contributed by atoms with Crippen LogP contribution >= 0.6 is 15.9 Å². The normalized spacial score (nSPS) is 12.0. The standard InChI is InChI=1S/C15H23BrN2O2/c1-3-4-7-18-15(19)10-20-14-6-5-13(16)9-12(14)8-11(2)17/h5-6,9,11H,3-4,7-8,10,17H2,1-2H3,(H,18,19). The van der Waals surface area contributed by atoms with Crippen molar-refractivity contribution < 1.29 is 9.53 Å². The molecular weight excluding hydrogens is 320 g/mol. The number of benzene rings is 1. The van der Waals surface area contributed by atoms with Gasteiger partial charge in [0.15, 0.2) is 6.61 Å². The lowest BCUT2D eigenvalue weighted by Gasteiger charge is -2.13. The monoisotopic (exact) mass is 342 g/mol. The summed E-state index contributed by atoms with van der Waals surface area (Å²) in [4.78, 5) is 11.6. The van der Waals surface area contributed by atoms with Crippen LogP contribution in [0.2, 0.25) is 0 Å². The number of hydrogen-bond donors (Lipinski definition) is 2. The molecule has 1 aromatic carbocycles. The van der Waals surface area contributed by atoms with Crippen molar-refractivity contribution in [3.63, 3.8) is 0 Å². The van der Waals surface area contributed by atoms with Crippen LogP contribution in [0, 0.1) is 0 Å². The van der Waals surface area contributed by atoms with Gasteiger partial charge >= 0.3 is 0 Å². The summed E-state index contributed by atoms with van der Waals surface area (Å²) >= 11 is 3.43. The molecule has 0 spiro atoms. The molecule has 0 saturated carbocycles. The van der Waals surface area contributed by atoms with Crippen LogP contribution in [0.25, 0.3) is 0 Å². The number of carbonyl (C=O) groups is 1. The van der Waals surface area contributed by atoms with E-state index in [-0.39, 0.29) is 18.6 Å². The summed E-state index contributed by atoms with van der Waals surface area (Å²) in [6.45, 7) is 4.77. The fourth-order valence-corrected chi connectivity index (χ4v) is 2.20. The summed E-state index contributed by atoms with van der Waals surface area (Å²) in [6.07, 6.45) is 2.76. The predicted molar refractivity (Wildman–Crippen MR) is 84.9 cm³/mol. The molecule has 1 amide bonds. The Bertz CT molecular complexity index is 436. The lowest BCUT2D eigenvalue weighted by Crippen LogP contribution is -2.29. The summed E-state index contributed by atoms with van der Waals surface area (Å²) < 4.78 is 6.58. The molecule has 0 aromatic heterocycles. The van der Waals surface area contributed by atoms with E-state index < -0.39 is 0 Å². The number of amides is 1. The van der Waals surface area contributed by atoms with Gasteiger partial charge in [0.25, 0.3) is 5.91 Å². The van der Waals surface area contributed by atoms with Gasteiger partial charge < -0.3 is 15.8 Å². The minimum Gasteiger partial charge on any atom is -0.483 e. The average Bonchev–Trinajstić information content (AvgIpc) is 2.37. The fraction of sp³-hybridized carbons (Fsp3) is 0.533. The molecule has 3 N–H and O–H groups in total. The van der Waals surface area contributed by atoms with Crippen LogP contribution < -0.4 is 15.8 Å². The molecule has 20 heavy (non-hydrogen) atoms. The third-order valence-electron chi connectivity index (χ3n) is 2.78. The van der Waals surface area contributed by atoms with Gasteiger partial charge in [-0.25, -0.2) is 0 Å². The summed E-state index contributed by atoms with van der Waals surface area (Å²) in [7, 11) is 0. The van der Waals surface area contributed by atoms with Gasteiger partial charge in [-0.2, -0.15) is 0 Å². The van der Waals surface area contributed by atoms with Crippen LogP contribution in [-0.4, -0.2) is 25.1 Å². The minimum atomic E-state index is -0.0897. The topological polar surface area (TPSA) is 64.3 Å². The van der Waals surface area contributed by atoms with Gasteiger partial charge in [0.2, 0.25) is 0 Å². The van der Waals surface area contributed by atoms with Gasteiger partial charge in [0.05, 0.1) is 0 Å². The van der Waals surface area contributed by atoms with Gasteiger partial charge in [-0.1, -0.05) is 29.3 Å². The van der Waals surface area contributed by atoms with E-state index in [9.17, 15) is 4.79 Å². The Morgan fingerprint density at radius 1 is 1.50 bits per heavy atom. The van der Waals surface area contributed by atoms with Crippen LogP contribution in [0.15, 0.2) is 22.7 Å². The largest absolute Gasteiger partial charge is 0.483 e. The molecule has 5 heteroatoms. The zero-order valence-electron chi connectivity index (χ0n) is 12.1. The Morgan fingerprint density at radius 3 is 2.90 bits per heavy atom. The molecule has 1 atom stereocenters. The maximum Gasteiger partial charge on any atom is 0.257 e. The van der Waals surface area contributed by atoms with Gasteiger partial charge in [0, 0.05) is 17.1 Å². The summed E-state index contributed by atoms with van der Waals surface area (Å²) in [5.41, 5.74) is 6.84. The van der Waals surface area contributed by atoms with Crippen molar-refractivity contribution >= 4 is 21.8 Å². The van der Waals surface area contributed by atoms with Crippen molar-refractivity contribution in [1.29, 1.82) is 0 Å². The molecule has 0 fully saturated rings. The van der Waals surface area contributed by atoms with Gasteiger partial charge in [-0.15, -0.1) is 0 Å². The first-order valence-corrected chi connectivity index (χ1v) is 7.75. The first-order valence-electron chi connectivity index (χ1n) is 6.96. The maximum absolute atomic E-state index is 11.6. The van der Waals surface area contributed by atoms with Crippen molar-refractivity contribution in [1.82, 2.24) is 5.32 Å². The van der Waals surface area contributed by atoms with Crippen molar-refractivity contribution in [2.24, 2.45) is 5.73 Å². The summed E-state index contributed by atoms with van der Waals surface area (Å²) in [5.74, 6) is 0.629. The van der Waals surface area contributed by atoms with Crippen LogP contribution in [0.3, 0.4) is 0 Å². The van der Waals surface area contributed by atoms with Gasteiger partial charge in [-0.05, 0) is 43.5 Å². The number of ether oxygens (including phenoxy) is 1. The zero-order valence-corrected chi connectivity index (χ0v) is 13.7. The minimum absolute atomic E-state index is 0.0390. The third kappa shape index (κ3) is 6.39. The number of nitrogens with two attached hydrogens (primary N) is 1. The number of unbranched alkanes of at least 4 members (excludes halogenated alkanes) is 1. The van der Waals surface area contributed by atoms with E-state index in [2.05, 4.69) is 28.2 Å². The molecule has 0 saturated heterocycles. The molecule has 4 nitrogen and oxygen atoms in total. The van der Waals surface area contributed by atoms with E-state index in [1.807, 2.05) is 25.1 Å². The Hall–Kier alpha value is -1.07. The highest BCUT2D eigenvalue weighted by molar-refractivity contribution is 9.10. The molecule has 1 rings (SSSR count). The summed E-state index contributed by atoms with van der Waals surface area (Å²) in [6, 6.07) is 5.79. The number of rotatable bonds is 8. The highest BCUT2D eigenvalue weighted by Gasteiger charge is 2.09. The van der Waals surface area contributed by atoms with Crippen LogP contribution in [-0.2, 0) is 11.2 Å². The summed E-state index contributed by atoms with van der Waals surface area (Å²) in [5, 5.41) is 2.83. The SMILES string of the molecule is CCCCNC(=O)COc1ccc(Br)cc1CC(C)N. The Labute approximate surface area is 129 Å². The molecule has 0 aliphatic carbocycles. The lowest BCUT2D eigenvalue weighted by molar-refractivity contribution is -0.123. The molecular formula is C15H23BrN2O2. The van der Waals surface area contributed by atoms with Gasteiger partial charge in [-0.3, -0.25) is 4.79 Å². The molecule has 1 unspecified atom stereocenters. The molecule has 0 aliphatic rings. The van der Waals surface area contributed by atoms with Crippen molar-refractivity contribution in [3.8, 4) is 5.75 Å². The number of hydrogen-bond acceptors (Lipinski definition) is 3. The second-order valence-electron chi connectivity index (χ2n) is 4.93. The van der Waals surface area contributed by atoms with Crippen LogP contribution in [0.5, 0.6) is 5.75 Å². The van der Waals surface area contributed by atoms with E-state index in [0.29, 0.717) is 13.0 Å². The first-order chi connectivity index (χ1) is 9.52. The highest BCUT2D eigenvalue weighted by atomic mass is 79.9.